The van der Waals surface area contributed by atoms with Crippen molar-refractivity contribution in [3.8, 4) is 5.75 Å². The van der Waals surface area contributed by atoms with Gasteiger partial charge in [-0.1, -0.05) is 12.1 Å². The van der Waals surface area contributed by atoms with Crippen LogP contribution in [0.2, 0.25) is 0 Å². The molecule has 0 radical (unpaired) electrons. The van der Waals surface area contributed by atoms with Crippen LogP contribution < -0.4 is 15.6 Å². The molecule has 0 fully saturated rings. The second kappa shape index (κ2) is 8.29. The van der Waals surface area contributed by atoms with E-state index in [9.17, 15) is 9.59 Å². The molecule has 0 atom stereocenters. The highest BCUT2D eigenvalue weighted by molar-refractivity contribution is 5.95. The fraction of sp³-hybridized carbons (Fsp3) is 0.250. The van der Waals surface area contributed by atoms with Crippen LogP contribution in [0.15, 0.2) is 59.5 Å². The first-order chi connectivity index (χ1) is 12.7. The highest BCUT2D eigenvalue weighted by Crippen LogP contribution is 2.19. The summed E-state index contributed by atoms with van der Waals surface area (Å²) >= 11 is 0. The molecule has 0 aliphatic rings. The number of hydrogen-bond acceptors (Lipinski definition) is 4. The lowest BCUT2D eigenvalue weighted by atomic mass is 10.2. The fourth-order valence-electron chi connectivity index (χ4n) is 2.70. The molecule has 3 aromatic rings. The number of aryl methyl sites for hydroxylation is 1. The van der Waals surface area contributed by atoms with Crippen molar-refractivity contribution in [2.24, 2.45) is 0 Å². The molecule has 6 heteroatoms. The van der Waals surface area contributed by atoms with Crippen molar-refractivity contribution in [2.45, 2.75) is 19.4 Å². The summed E-state index contributed by atoms with van der Waals surface area (Å²) in [6, 6.07) is 14.2. The van der Waals surface area contributed by atoms with Crippen molar-refractivity contribution < 1.29 is 9.53 Å². The Morgan fingerprint density at radius 1 is 1.15 bits per heavy atom. The Kier molecular flexibility index (Phi) is 5.63. The Labute approximate surface area is 151 Å². The summed E-state index contributed by atoms with van der Waals surface area (Å²) in [5, 5.41) is 3.80. The molecular formula is C20H21N3O3. The number of benzene rings is 1. The third-order valence-electron chi connectivity index (χ3n) is 4.14. The molecule has 0 spiro atoms. The minimum Gasteiger partial charge on any atom is -0.497 e. The third-order valence-corrected chi connectivity index (χ3v) is 4.14. The molecule has 26 heavy (non-hydrogen) atoms. The number of pyridine rings is 2. The third kappa shape index (κ3) is 4.27. The molecule has 3 rings (SSSR count). The number of carbonyl (C=O) groups excluding carboxylic acids is 1. The van der Waals surface area contributed by atoms with Gasteiger partial charge in [0.1, 0.15) is 11.4 Å². The normalized spacial score (nSPS) is 10.7. The Bertz CT molecular complexity index is 966. The van der Waals surface area contributed by atoms with Gasteiger partial charge >= 0.3 is 0 Å². The van der Waals surface area contributed by atoms with Crippen LogP contribution in [-0.4, -0.2) is 29.1 Å². The van der Waals surface area contributed by atoms with Crippen molar-refractivity contribution in [1.82, 2.24) is 14.9 Å². The lowest BCUT2D eigenvalue weighted by Gasteiger charge is -2.07. The van der Waals surface area contributed by atoms with E-state index in [0.29, 0.717) is 18.8 Å². The molecular weight excluding hydrogens is 330 g/mol. The average molecular weight is 351 g/mol. The zero-order valence-corrected chi connectivity index (χ0v) is 14.6. The number of nitrogens with one attached hydrogen (secondary N) is 1. The summed E-state index contributed by atoms with van der Waals surface area (Å²) < 4.78 is 6.85. The van der Waals surface area contributed by atoms with E-state index >= 15 is 0 Å². The Hall–Kier alpha value is -3.15. The average Bonchev–Trinajstić information content (AvgIpc) is 2.68. The van der Waals surface area contributed by atoms with Gasteiger partial charge in [0.15, 0.2) is 0 Å². The first kappa shape index (κ1) is 17.7. The molecule has 0 aliphatic carbocycles. The first-order valence-electron chi connectivity index (χ1n) is 8.56. The van der Waals surface area contributed by atoms with Crippen LogP contribution in [0.4, 0.5) is 0 Å². The zero-order chi connectivity index (χ0) is 18.4. The second-order valence-electron chi connectivity index (χ2n) is 5.95. The molecule has 0 bridgehead atoms. The van der Waals surface area contributed by atoms with E-state index in [1.807, 2.05) is 30.3 Å². The molecule has 1 aromatic carbocycles. The van der Waals surface area contributed by atoms with Crippen LogP contribution in [0.3, 0.4) is 0 Å². The number of nitrogens with zero attached hydrogens (tertiary/aromatic N) is 2. The van der Waals surface area contributed by atoms with Gasteiger partial charge in [0, 0.05) is 30.7 Å². The quantitative estimate of drug-likeness (QED) is 0.664. The van der Waals surface area contributed by atoms with Crippen molar-refractivity contribution in [1.29, 1.82) is 0 Å². The van der Waals surface area contributed by atoms with Crippen LogP contribution in [0.1, 0.15) is 23.3 Å². The number of hydrogen-bond donors (Lipinski definition) is 1. The maximum absolute atomic E-state index is 12.2. The van der Waals surface area contributed by atoms with Crippen LogP contribution >= 0.6 is 0 Å². The zero-order valence-electron chi connectivity index (χ0n) is 14.6. The number of unbranched alkanes of at least 4 members (excludes halogenated alkanes) is 1. The van der Waals surface area contributed by atoms with Gasteiger partial charge in [-0.05, 0) is 43.2 Å². The van der Waals surface area contributed by atoms with Crippen LogP contribution in [0, 0.1) is 0 Å². The summed E-state index contributed by atoms with van der Waals surface area (Å²) in [4.78, 5) is 28.2. The SMILES string of the molecule is COc1ccc2nc(C(=O)NCCCCn3ccccc3=O)ccc2c1. The van der Waals surface area contributed by atoms with E-state index in [-0.39, 0.29) is 11.5 Å². The molecule has 2 aromatic heterocycles. The van der Waals surface area contributed by atoms with Gasteiger partial charge in [-0.15, -0.1) is 0 Å². The predicted octanol–water partition coefficient (Wildman–Crippen LogP) is 2.62. The largest absolute Gasteiger partial charge is 0.497 e. The van der Waals surface area contributed by atoms with Gasteiger partial charge in [0.05, 0.1) is 12.6 Å². The van der Waals surface area contributed by atoms with Crippen LogP contribution in [-0.2, 0) is 6.54 Å². The number of rotatable bonds is 7. The monoisotopic (exact) mass is 351 g/mol. The van der Waals surface area contributed by atoms with E-state index in [0.717, 1.165) is 29.5 Å². The number of ether oxygens (including phenoxy) is 1. The van der Waals surface area contributed by atoms with Gasteiger partial charge in [0.25, 0.3) is 5.91 Å². The number of carbonyl (C=O) groups is 1. The van der Waals surface area contributed by atoms with Gasteiger partial charge in [-0.3, -0.25) is 9.59 Å². The highest BCUT2D eigenvalue weighted by atomic mass is 16.5. The molecule has 6 nitrogen and oxygen atoms in total. The molecule has 1 amide bonds. The smallest absolute Gasteiger partial charge is 0.269 e. The maximum atomic E-state index is 12.2. The second-order valence-corrected chi connectivity index (χ2v) is 5.95. The predicted molar refractivity (Wildman–Crippen MR) is 101 cm³/mol. The number of methoxy groups -OCH3 is 1. The van der Waals surface area contributed by atoms with Gasteiger partial charge in [-0.2, -0.15) is 0 Å². The lowest BCUT2D eigenvalue weighted by Crippen LogP contribution is -2.26. The highest BCUT2D eigenvalue weighted by Gasteiger charge is 2.08. The Morgan fingerprint density at radius 3 is 2.85 bits per heavy atom. The van der Waals surface area contributed by atoms with Gasteiger partial charge < -0.3 is 14.6 Å². The summed E-state index contributed by atoms with van der Waals surface area (Å²) in [6.45, 7) is 1.19. The Morgan fingerprint density at radius 2 is 2.04 bits per heavy atom. The van der Waals surface area contributed by atoms with Gasteiger partial charge in [0.2, 0.25) is 5.56 Å². The summed E-state index contributed by atoms with van der Waals surface area (Å²) in [5.74, 6) is 0.564. The first-order valence-corrected chi connectivity index (χ1v) is 8.56. The van der Waals surface area contributed by atoms with Crippen LogP contribution in [0.25, 0.3) is 10.9 Å². The summed E-state index contributed by atoms with van der Waals surface area (Å²) in [7, 11) is 1.62. The standard InChI is InChI=1S/C20H21N3O3/c1-26-16-8-10-17-15(14-16)7-9-18(22-17)20(25)21-11-3-5-13-23-12-4-2-6-19(23)24/h2,4,6-10,12,14H,3,5,11,13H2,1H3,(H,21,25). The summed E-state index contributed by atoms with van der Waals surface area (Å²) in [6.07, 6.45) is 3.38. The number of aromatic nitrogens is 2. The molecule has 0 saturated heterocycles. The van der Waals surface area contributed by atoms with E-state index in [1.54, 1.807) is 36.1 Å². The molecule has 1 N–H and O–H groups in total. The topological polar surface area (TPSA) is 73.2 Å². The van der Waals surface area contributed by atoms with Crippen molar-refractivity contribution in [2.75, 3.05) is 13.7 Å². The molecule has 2 heterocycles. The number of fused-ring (bicyclic) bond motifs is 1. The van der Waals surface area contributed by atoms with E-state index in [4.69, 9.17) is 4.74 Å². The van der Waals surface area contributed by atoms with Crippen LogP contribution in [0.5, 0.6) is 5.75 Å². The van der Waals surface area contributed by atoms with E-state index in [2.05, 4.69) is 10.3 Å². The van der Waals surface area contributed by atoms with Crippen molar-refractivity contribution in [3.63, 3.8) is 0 Å². The van der Waals surface area contributed by atoms with Crippen molar-refractivity contribution >= 4 is 16.8 Å². The minimum atomic E-state index is -0.195. The molecule has 0 unspecified atom stereocenters. The lowest BCUT2D eigenvalue weighted by molar-refractivity contribution is 0.0948. The van der Waals surface area contributed by atoms with Gasteiger partial charge in [-0.25, -0.2) is 4.98 Å². The summed E-state index contributed by atoms with van der Waals surface area (Å²) in [5.41, 5.74) is 1.14. The van der Waals surface area contributed by atoms with Crippen molar-refractivity contribution in [3.05, 3.63) is 70.8 Å². The van der Waals surface area contributed by atoms with E-state index in [1.165, 1.54) is 0 Å². The maximum Gasteiger partial charge on any atom is 0.269 e. The Balaban J connectivity index is 1.51. The molecule has 0 aliphatic heterocycles. The fourth-order valence-corrected chi connectivity index (χ4v) is 2.70. The number of amides is 1. The minimum absolute atomic E-state index is 0.00599. The molecule has 134 valence electrons. The van der Waals surface area contributed by atoms with E-state index < -0.39 is 0 Å². The molecule has 0 saturated carbocycles.